The van der Waals surface area contributed by atoms with Crippen molar-refractivity contribution >= 4 is 17.0 Å². The molecule has 0 saturated heterocycles. The second kappa shape index (κ2) is 5.19. The van der Waals surface area contributed by atoms with Gasteiger partial charge in [0.05, 0.1) is 35.3 Å². The van der Waals surface area contributed by atoms with Crippen LogP contribution in [-0.4, -0.2) is 20.0 Å². The van der Waals surface area contributed by atoms with Crippen LogP contribution in [0, 0.1) is 6.92 Å². The third-order valence-corrected chi connectivity index (χ3v) is 3.61. The van der Waals surface area contributed by atoms with Gasteiger partial charge in [-0.05, 0) is 19.1 Å². The molecule has 96 valence electrons. The highest BCUT2D eigenvalue weighted by molar-refractivity contribution is 7.11. The number of aromatic nitrogens is 4. The Hall–Kier alpha value is -2.21. The van der Waals surface area contributed by atoms with Crippen LogP contribution in [0.2, 0.25) is 0 Å². The highest BCUT2D eigenvalue weighted by Gasteiger charge is 2.05. The van der Waals surface area contributed by atoms with E-state index in [0.29, 0.717) is 0 Å². The van der Waals surface area contributed by atoms with Crippen LogP contribution in [-0.2, 0) is 6.54 Å². The fourth-order valence-electron chi connectivity index (χ4n) is 1.83. The van der Waals surface area contributed by atoms with E-state index in [-0.39, 0.29) is 0 Å². The van der Waals surface area contributed by atoms with Crippen molar-refractivity contribution in [2.24, 2.45) is 0 Å². The third kappa shape index (κ3) is 2.63. The maximum absolute atomic E-state index is 4.25. The van der Waals surface area contributed by atoms with Crippen molar-refractivity contribution in [3.8, 4) is 5.69 Å². The maximum Gasteiger partial charge on any atom is 0.0897 e. The van der Waals surface area contributed by atoms with Gasteiger partial charge in [-0.2, -0.15) is 0 Å². The number of para-hydroxylation sites is 2. The minimum absolute atomic E-state index is 0.761. The molecule has 1 N–H and O–H groups in total. The van der Waals surface area contributed by atoms with Crippen molar-refractivity contribution in [3.63, 3.8) is 0 Å². The molecule has 1 aromatic carbocycles. The highest BCUT2D eigenvalue weighted by Crippen LogP contribution is 2.20. The van der Waals surface area contributed by atoms with Gasteiger partial charge in [0.2, 0.25) is 0 Å². The minimum atomic E-state index is 0.761. The lowest BCUT2D eigenvalue weighted by atomic mass is 10.2. The molecule has 0 unspecified atom stereocenters. The lowest BCUT2D eigenvalue weighted by Gasteiger charge is -2.10. The first-order valence-corrected chi connectivity index (χ1v) is 6.75. The lowest BCUT2D eigenvalue weighted by molar-refractivity contribution is 0.803. The summed E-state index contributed by atoms with van der Waals surface area (Å²) in [5, 5.41) is 12.4. The van der Waals surface area contributed by atoms with Crippen LogP contribution in [0.15, 0.2) is 42.9 Å². The predicted octanol–water partition coefficient (Wildman–Crippen LogP) is 2.64. The Labute approximate surface area is 114 Å². The molecule has 5 nitrogen and oxygen atoms in total. The molecule has 0 atom stereocenters. The number of thiazole rings is 1. The largest absolute Gasteiger partial charge is 0.378 e. The van der Waals surface area contributed by atoms with Crippen molar-refractivity contribution in [2.75, 3.05) is 5.32 Å². The van der Waals surface area contributed by atoms with E-state index in [4.69, 9.17) is 0 Å². The second-order valence-electron chi connectivity index (χ2n) is 4.06. The Kier molecular flexibility index (Phi) is 3.24. The van der Waals surface area contributed by atoms with E-state index in [1.807, 2.05) is 43.6 Å². The summed E-state index contributed by atoms with van der Waals surface area (Å²) in [6.07, 6.45) is 5.41. The van der Waals surface area contributed by atoms with E-state index in [1.54, 1.807) is 22.2 Å². The molecular weight excluding hydrogens is 258 g/mol. The molecule has 2 aromatic heterocycles. The van der Waals surface area contributed by atoms with Gasteiger partial charge < -0.3 is 5.32 Å². The molecule has 3 aromatic rings. The van der Waals surface area contributed by atoms with E-state index in [0.717, 1.165) is 22.9 Å². The molecule has 19 heavy (non-hydrogen) atoms. The molecule has 0 radical (unpaired) electrons. The Morgan fingerprint density at radius 2 is 2.21 bits per heavy atom. The Morgan fingerprint density at radius 3 is 2.95 bits per heavy atom. The zero-order valence-corrected chi connectivity index (χ0v) is 11.3. The first kappa shape index (κ1) is 11.9. The molecule has 0 spiro atoms. The quantitative estimate of drug-likeness (QED) is 0.792. The number of nitrogens with one attached hydrogen (secondary N) is 1. The van der Waals surface area contributed by atoms with Gasteiger partial charge in [0, 0.05) is 11.1 Å². The van der Waals surface area contributed by atoms with Crippen LogP contribution in [0.3, 0.4) is 0 Å². The first-order valence-electron chi connectivity index (χ1n) is 5.94. The van der Waals surface area contributed by atoms with E-state index < -0.39 is 0 Å². The van der Waals surface area contributed by atoms with Crippen molar-refractivity contribution in [2.45, 2.75) is 13.5 Å². The lowest BCUT2D eigenvalue weighted by Crippen LogP contribution is -2.04. The number of hydrogen-bond acceptors (Lipinski definition) is 5. The summed E-state index contributed by atoms with van der Waals surface area (Å²) in [7, 11) is 0. The number of aryl methyl sites for hydroxylation is 1. The summed E-state index contributed by atoms with van der Waals surface area (Å²) in [6, 6.07) is 8.03. The summed E-state index contributed by atoms with van der Waals surface area (Å²) in [5.74, 6) is 0. The number of nitrogens with zero attached hydrogens (tertiary/aromatic N) is 4. The van der Waals surface area contributed by atoms with Gasteiger partial charge in [-0.3, -0.25) is 0 Å². The Bertz CT molecular complexity index is 659. The van der Waals surface area contributed by atoms with Crippen molar-refractivity contribution in [1.29, 1.82) is 0 Å². The molecular formula is C13H13N5S. The Morgan fingerprint density at radius 1 is 1.32 bits per heavy atom. The average molecular weight is 271 g/mol. The molecule has 0 bridgehead atoms. The normalized spacial score (nSPS) is 10.6. The van der Waals surface area contributed by atoms with Crippen LogP contribution >= 0.6 is 11.3 Å². The summed E-state index contributed by atoms with van der Waals surface area (Å²) >= 11 is 1.70. The first-order chi connectivity index (χ1) is 9.33. The SMILES string of the molecule is Cc1ncc(CNc2ccccc2-n2ccnn2)s1. The van der Waals surface area contributed by atoms with Gasteiger partial charge in [0.15, 0.2) is 0 Å². The number of hydrogen-bond donors (Lipinski definition) is 1. The zero-order chi connectivity index (χ0) is 13.1. The summed E-state index contributed by atoms with van der Waals surface area (Å²) in [6.45, 7) is 2.77. The van der Waals surface area contributed by atoms with Gasteiger partial charge >= 0.3 is 0 Å². The van der Waals surface area contributed by atoms with Gasteiger partial charge in [0.1, 0.15) is 0 Å². The standard InChI is InChI=1S/C13H13N5S/c1-10-14-8-11(19-10)9-15-12-4-2-3-5-13(12)18-7-6-16-17-18/h2-8,15H,9H2,1H3. The van der Waals surface area contributed by atoms with Crippen molar-refractivity contribution in [1.82, 2.24) is 20.0 Å². The van der Waals surface area contributed by atoms with E-state index in [9.17, 15) is 0 Å². The third-order valence-electron chi connectivity index (χ3n) is 2.70. The Balaban J connectivity index is 1.81. The molecule has 2 heterocycles. The van der Waals surface area contributed by atoms with Gasteiger partial charge in [0.25, 0.3) is 0 Å². The topological polar surface area (TPSA) is 55.6 Å². The highest BCUT2D eigenvalue weighted by atomic mass is 32.1. The minimum Gasteiger partial charge on any atom is -0.378 e. The number of rotatable bonds is 4. The number of benzene rings is 1. The van der Waals surface area contributed by atoms with Gasteiger partial charge in [-0.1, -0.05) is 17.3 Å². The molecule has 0 aliphatic heterocycles. The van der Waals surface area contributed by atoms with Crippen LogP contribution in [0.25, 0.3) is 5.69 Å². The smallest absolute Gasteiger partial charge is 0.0897 e. The second-order valence-corrected chi connectivity index (χ2v) is 5.38. The fourth-order valence-corrected chi connectivity index (χ4v) is 2.56. The maximum atomic E-state index is 4.25. The van der Waals surface area contributed by atoms with Gasteiger partial charge in [-0.15, -0.1) is 16.4 Å². The number of anilines is 1. The fraction of sp³-hybridized carbons (Fsp3) is 0.154. The average Bonchev–Trinajstić information content (AvgIpc) is 3.08. The van der Waals surface area contributed by atoms with E-state index in [2.05, 4.69) is 20.6 Å². The molecule has 0 aliphatic rings. The zero-order valence-electron chi connectivity index (χ0n) is 10.4. The van der Waals surface area contributed by atoms with Crippen molar-refractivity contribution < 1.29 is 0 Å². The van der Waals surface area contributed by atoms with E-state index in [1.165, 1.54) is 4.88 Å². The van der Waals surface area contributed by atoms with Crippen LogP contribution in [0.1, 0.15) is 9.88 Å². The molecule has 0 fully saturated rings. The summed E-state index contributed by atoms with van der Waals surface area (Å²) < 4.78 is 1.75. The van der Waals surface area contributed by atoms with Gasteiger partial charge in [-0.25, -0.2) is 9.67 Å². The molecule has 6 heteroatoms. The molecule has 0 aliphatic carbocycles. The van der Waals surface area contributed by atoms with Crippen molar-refractivity contribution in [3.05, 3.63) is 52.7 Å². The molecule has 3 rings (SSSR count). The van der Waals surface area contributed by atoms with Crippen LogP contribution in [0.5, 0.6) is 0 Å². The predicted molar refractivity (Wildman–Crippen MR) is 75.5 cm³/mol. The monoisotopic (exact) mass is 271 g/mol. The molecule has 0 amide bonds. The molecule has 0 saturated carbocycles. The van der Waals surface area contributed by atoms with Crippen LogP contribution < -0.4 is 5.32 Å². The van der Waals surface area contributed by atoms with Crippen LogP contribution in [0.4, 0.5) is 5.69 Å². The summed E-state index contributed by atoms with van der Waals surface area (Å²) in [4.78, 5) is 5.47. The van der Waals surface area contributed by atoms with E-state index >= 15 is 0 Å². The summed E-state index contributed by atoms with van der Waals surface area (Å²) in [5.41, 5.74) is 2.01.